The summed E-state index contributed by atoms with van der Waals surface area (Å²) in [5, 5.41) is 4.38. The number of aromatic nitrogens is 1. The number of benzene rings is 2. The number of anilines is 1. The van der Waals surface area contributed by atoms with Gasteiger partial charge >= 0.3 is 0 Å². The number of rotatable bonds is 2. The second kappa shape index (κ2) is 5.21. The molecular weight excluding hydrogens is 308 g/mol. The fourth-order valence-electron chi connectivity index (χ4n) is 2.63. The number of nitrogens with one attached hydrogen (secondary N) is 1. The van der Waals surface area contributed by atoms with E-state index in [4.69, 9.17) is 4.42 Å². The molecule has 0 spiro atoms. The van der Waals surface area contributed by atoms with Crippen LogP contribution in [-0.4, -0.2) is 10.9 Å². The monoisotopic (exact) mass is 322 g/mol. The molecule has 4 aromatic rings. The van der Waals surface area contributed by atoms with Crippen LogP contribution in [0.5, 0.6) is 0 Å². The Bertz CT molecular complexity index is 1050. The zero-order chi connectivity index (χ0) is 16.0. The van der Waals surface area contributed by atoms with E-state index in [1.54, 1.807) is 0 Å². The van der Waals surface area contributed by atoms with Crippen LogP contribution in [0, 0.1) is 13.8 Å². The highest BCUT2D eigenvalue weighted by atomic mass is 32.1. The van der Waals surface area contributed by atoms with Crippen molar-refractivity contribution in [2.45, 2.75) is 13.8 Å². The van der Waals surface area contributed by atoms with Crippen LogP contribution in [-0.2, 0) is 0 Å². The van der Waals surface area contributed by atoms with Gasteiger partial charge in [0, 0.05) is 10.9 Å². The Kier molecular flexibility index (Phi) is 3.16. The number of nitrogens with zero attached hydrogens (tertiary/aromatic N) is 1. The van der Waals surface area contributed by atoms with Crippen LogP contribution in [0.4, 0.5) is 5.13 Å². The molecule has 23 heavy (non-hydrogen) atoms. The van der Waals surface area contributed by atoms with E-state index in [2.05, 4.69) is 16.4 Å². The molecule has 0 saturated heterocycles. The van der Waals surface area contributed by atoms with Crippen molar-refractivity contribution in [3.63, 3.8) is 0 Å². The van der Waals surface area contributed by atoms with E-state index in [0.717, 1.165) is 26.7 Å². The zero-order valence-corrected chi connectivity index (χ0v) is 13.5. The summed E-state index contributed by atoms with van der Waals surface area (Å²) in [4.78, 5) is 17.0. The molecule has 0 atom stereocenters. The second-order valence-electron chi connectivity index (χ2n) is 5.50. The predicted molar refractivity (Wildman–Crippen MR) is 93.3 cm³/mol. The number of furan rings is 1. The van der Waals surface area contributed by atoms with Gasteiger partial charge in [-0.2, -0.15) is 0 Å². The van der Waals surface area contributed by atoms with Crippen molar-refractivity contribution in [3.05, 3.63) is 59.4 Å². The Balaban J connectivity index is 1.69. The smallest absolute Gasteiger partial charge is 0.293 e. The van der Waals surface area contributed by atoms with E-state index in [1.165, 1.54) is 16.9 Å². The Morgan fingerprint density at radius 1 is 1.17 bits per heavy atom. The first kappa shape index (κ1) is 14.0. The fourth-order valence-corrected chi connectivity index (χ4v) is 3.59. The van der Waals surface area contributed by atoms with Crippen LogP contribution < -0.4 is 5.32 Å². The largest absolute Gasteiger partial charge is 0.451 e. The molecule has 5 heteroatoms. The van der Waals surface area contributed by atoms with Crippen molar-refractivity contribution < 1.29 is 9.21 Å². The average molecular weight is 322 g/mol. The third kappa shape index (κ3) is 2.39. The topological polar surface area (TPSA) is 55.1 Å². The minimum Gasteiger partial charge on any atom is -0.451 e. The van der Waals surface area contributed by atoms with E-state index >= 15 is 0 Å². The molecule has 0 fully saturated rings. The van der Waals surface area contributed by atoms with Gasteiger partial charge in [-0.05, 0) is 37.6 Å². The molecule has 0 bridgehead atoms. The summed E-state index contributed by atoms with van der Waals surface area (Å²) >= 11 is 1.46. The number of carbonyl (C=O) groups is 1. The van der Waals surface area contributed by atoms with Crippen LogP contribution in [0.1, 0.15) is 21.7 Å². The molecule has 2 aromatic heterocycles. The van der Waals surface area contributed by atoms with E-state index < -0.39 is 0 Å². The lowest BCUT2D eigenvalue weighted by Crippen LogP contribution is -2.11. The number of fused-ring (bicyclic) bond motifs is 2. The first-order valence-corrected chi connectivity index (χ1v) is 8.10. The Labute approximate surface area is 136 Å². The van der Waals surface area contributed by atoms with Gasteiger partial charge in [-0.15, -0.1) is 0 Å². The summed E-state index contributed by atoms with van der Waals surface area (Å²) in [6.45, 7) is 3.93. The molecule has 2 heterocycles. The van der Waals surface area contributed by atoms with Crippen LogP contribution >= 0.6 is 11.3 Å². The normalized spacial score (nSPS) is 11.2. The van der Waals surface area contributed by atoms with Crippen molar-refractivity contribution >= 4 is 43.6 Å². The van der Waals surface area contributed by atoms with Crippen molar-refractivity contribution in [2.24, 2.45) is 0 Å². The number of hydrogen-bond donors (Lipinski definition) is 1. The molecule has 4 nitrogen and oxygen atoms in total. The first-order valence-electron chi connectivity index (χ1n) is 7.28. The van der Waals surface area contributed by atoms with Gasteiger partial charge in [0.25, 0.3) is 5.91 Å². The Morgan fingerprint density at radius 2 is 2.00 bits per heavy atom. The lowest BCUT2D eigenvalue weighted by Gasteiger charge is -1.98. The molecule has 4 rings (SSSR count). The van der Waals surface area contributed by atoms with Crippen molar-refractivity contribution in [1.29, 1.82) is 0 Å². The minimum atomic E-state index is -0.269. The highest BCUT2D eigenvalue weighted by Gasteiger charge is 2.18. The van der Waals surface area contributed by atoms with Gasteiger partial charge < -0.3 is 4.42 Å². The summed E-state index contributed by atoms with van der Waals surface area (Å²) < 4.78 is 6.75. The van der Waals surface area contributed by atoms with Crippen LogP contribution in [0.15, 0.2) is 46.9 Å². The number of carbonyl (C=O) groups excluding carboxylic acids is 1. The van der Waals surface area contributed by atoms with Crippen molar-refractivity contribution in [3.8, 4) is 0 Å². The molecule has 1 N–H and O–H groups in total. The van der Waals surface area contributed by atoms with Crippen molar-refractivity contribution in [1.82, 2.24) is 4.98 Å². The van der Waals surface area contributed by atoms with Gasteiger partial charge in [0.1, 0.15) is 5.58 Å². The summed E-state index contributed by atoms with van der Waals surface area (Å²) in [5.74, 6) is 0.0658. The lowest BCUT2D eigenvalue weighted by molar-refractivity contribution is 0.0998. The van der Waals surface area contributed by atoms with Gasteiger partial charge in [-0.25, -0.2) is 4.98 Å². The Hall–Kier alpha value is -2.66. The number of thiazole rings is 1. The summed E-state index contributed by atoms with van der Waals surface area (Å²) in [7, 11) is 0. The molecule has 2 aromatic carbocycles. The van der Waals surface area contributed by atoms with Crippen LogP contribution in [0.2, 0.25) is 0 Å². The van der Waals surface area contributed by atoms with Gasteiger partial charge in [0.15, 0.2) is 10.9 Å². The molecule has 0 aliphatic heterocycles. The van der Waals surface area contributed by atoms with Gasteiger partial charge in [-0.3, -0.25) is 10.1 Å². The fraction of sp³-hybridized carbons (Fsp3) is 0.111. The first-order chi connectivity index (χ1) is 11.1. The maximum atomic E-state index is 12.5. The SMILES string of the molecule is Cc1ccc2nc(NC(=O)c3oc4ccccc4c3C)sc2c1. The highest BCUT2D eigenvalue weighted by molar-refractivity contribution is 7.22. The van der Waals surface area contributed by atoms with Crippen LogP contribution in [0.3, 0.4) is 0 Å². The van der Waals surface area contributed by atoms with E-state index in [1.807, 2.05) is 50.2 Å². The van der Waals surface area contributed by atoms with Crippen LogP contribution in [0.25, 0.3) is 21.2 Å². The summed E-state index contributed by atoms with van der Waals surface area (Å²) in [5.41, 5.74) is 3.62. The zero-order valence-electron chi connectivity index (χ0n) is 12.7. The molecule has 0 radical (unpaired) electrons. The average Bonchev–Trinajstić information content (AvgIpc) is 3.08. The standard InChI is InChI=1S/C18H14N2O2S/c1-10-7-8-13-15(9-10)23-18(19-13)20-17(21)16-11(2)12-5-3-4-6-14(12)22-16/h3-9H,1-2H3,(H,19,20,21). The third-order valence-corrected chi connectivity index (χ3v) is 4.75. The molecule has 0 aliphatic carbocycles. The minimum absolute atomic E-state index is 0.269. The van der Waals surface area contributed by atoms with E-state index in [-0.39, 0.29) is 5.91 Å². The number of aryl methyl sites for hydroxylation is 2. The van der Waals surface area contributed by atoms with E-state index in [0.29, 0.717) is 10.9 Å². The number of amides is 1. The van der Waals surface area contributed by atoms with Gasteiger partial charge in [0.05, 0.1) is 10.2 Å². The molecule has 0 aliphatic rings. The molecule has 0 saturated carbocycles. The summed E-state index contributed by atoms with van der Waals surface area (Å²) in [6, 6.07) is 13.7. The molecule has 114 valence electrons. The molecule has 1 amide bonds. The molecular formula is C18H14N2O2S. The quantitative estimate of drug-likeness (QED) is 0.570. The van der Waals surface area contributed by atoms with E-state index in [9.17, 15) is 4.79 Å². The maximum Gasteiger partial charge on any atom is 0.293 e. The van der Waals surface area contributed by atoms with Gasteiger partial charge in [0.2, 0.25) is 0 Å². The lowest BCUT2D eigenvalue weighted by atomic mass is 10.1. The predicted octanol–water partition coefficient (Wildman–Crippen LogP) is 4.91. The molecule has 0 unspecified atom stereocenters. The van der Waals surface area contributed by atoms with Gasteiger partial charge in [-0.1, -0.05) is 35.6 Å². The Morgan fingerprint density at radius 3 is 2.83 bits per heavy atom. The number of hydrogen-bond acceptors (Lipinski definition) is 4. The van der Waals surface area contributed by atoms with Crippen molar-refractivity contribution in [2.75, 3.05) is 5.32 Å². The maximum absolute atomic E-state index is 12.5. The third-order valence-electron chi connectivity index (χ3n) is 3.81. The number of para-hydroxylation sites is 1. The summed E-state index contributed by atoms with van der Waals surface area (Å²) in [6.07, 6.45) is 0. The second-order valence-corrected chi connectivity index (χ2v) is 6.53. The highest BCUT2D eigenvalue weighted by Crippen LogP contribution is 2.29.